The number of hydrogen-bond acceptors (Lipinski definition) is 10. The standard InChI is InChI=1S/C68H117NO10/c1-4-7-10-13-16-19-22-24-25-26-27-28-29-30-31-32-33-34-35-36-37-38-41-44-47-50-53-56-63(73)79-66-65(75)64(74)62(57-70)78-68(66)77-58-59(60(71)54-51-48-45-42-39-21-18-15-12-9-6-3)69-67(76)61(72)55-52-49-46-43-40-23-20-17-14-11-8-5-2/h8,11,14,16-17,19-20,23-25,40,43,46,49,51,54,59-62,64-66,68,70-72,74-75H,4-7,9-10,12-13,15,18,21-22,26-39,41-42,44-45,47-48,50,52-53,55-58H2,1-3H3,(H,69,76)/b11-8+,17-14+,19-16-,23-20-,25-24-,43-40-,49-46+,54-51+. The first-order chi connectivity index (χ1) is 38.7. The molecule has 0 saturated carbocycles. The van der Waals surface area contributed by atoms with E-state index in [9.17, 15) is 35.1 Å². The lowest BCUT2D eigenvalue weighted by atomic mass is 9.99. The van der Waals surface area contributed by atoms with Crippen LogP contribution < -0.4 is 5.32 Å². The first-order valence-electron chi connectivity index (χ1n) is 32.1. The molecule has 0 aromatic heterocycles. The highest BCUT2D eigenvalue weighted by Gasteiger charge is 2.47. The number of unbranched alkanes of at least 4 members (excludes halogenated alkanes) is 29. The lowest BCUT2D eigenvalue weighted by Crippen LogP contribution is -2.61. The van der Waals surface area contributed by atoms with Gasteiger partial charge in [-0.25, -0.2) is 0 Å². The Kier molecular flexibility index (Phi) is 51.4. The number of carbonyl (C=O) groups is 2. The van der Waals surface area contributed by atoms with Crippen molar-refractivity contribution in [3.05, 3.63) is 97.2 Å². The topological polar surface area (TPSA) is 175 Å². The second kappa shape index (κ2) is 55.1. The van der Waals surface area contributed by atoms with Crippen LogP contribution in [0.2, 0.25) is 0 Å². The van der Waals surface area contributed by atoms with Crippen molar-refractivity contribution >= 4 is 11.9 Å². The molecule has 8 unspecified atom stereocenters. The first-order valence-corrected chi connectivity index (χ1v) is 32.1. The zero-order valence-corrected chi connectivity index (χ0v) is 50.2. The SMILES string of the molecule is CC/C=C/C=C/C=C\C=C/C=C/CCC(O)C(=O)NC(COC1OC(CO)C(O)C(O)C1OC(=O)CCCCCCCCCCCCCCCCCCC/C=C\C/C=C\CCCCC)C(O)/C=C/CCCCCCCCCCC. The average molecular weight is 1110 g/mol. The Balaban J connectivity index is 2.56. The van der Waals surface area contributed by atoms with Crippen LogP contribution in [0.1, 0.15) is 258 Å². The number of aliphatic hydroxyl groups excluding tert-OH is 5. The number of carbonyl (C=O) groups excluding carboxylic acids is 2. The van der Waals surface area contributed by atoms with Gasteiger partial charge in [0, 0.05) is 6.42 Å². The summed E-state index contributed by atoms with van der Waals surface area (Å²) in [6.07, 6.45) is 63.5. The molecule has 11 heteroatoms. The highest BCUT2D eigenvalue weighted by molar-refractivity contribution is 5.80. The van der Waals surface area contributed by atoms with Crippen LogP contribution in [0.25, 0.3) is 0 Å². The second-order valence-corrected chi connectivity index (χ2v) is 21.9. The second-order valence-electron chi connectivity index (χ2n) is 21.9. The average Bonchev–Trinajstić information content (AvgIpc) is 3.44. The largest absolute Gasteiger partial charge is 0.454 e. The van der Waals surface area contributed by atoms with Crippen molar-refractivity contribution in [2.24, 2.45) is 0 Å². The van der Waals surface area contributed by atoms with Crippen LogP contribution in [-0.4, -0.2) is 99.6 Å². The van der Waals surface area contributed by atoms with E-state index in [1.807, 2.05) is 60.8 Å². The molecular weight excluding hydrogens is 991 g/mol. The van der Waals surface area contributed by atoms with E-state index in [1.54, 1.807) is 6.08 Å². The molecule has 6 N–H and O–H groups in total. The van der Waals surface area contributed by atoms with E-state index in [-0.39, 0.29) is 19.4 Å². The van der Waals surface area contributed by atoms with Gasteiger partial charge in [0.05, 0.1) is 25.4 Å². The van der Waals surface area contributed by atoms with Crippen molar-refractivity contribution in [1.29, 1.82) is 0 Å². The van der Waals surface area contributed by atoms with Crippen molar-refractivity contribution in [3.63, 3.8) is 0 Å². The fourth-order valence-electron chi connectivity index (χ4n) is 9.53. The summed E-state index contributed by atoms with van der Waals surface area (Å²) in [6, 6.07) is -1.06. The van der Waals surface area contributed by atoms with E-state index >= 15 is 0 Å². The molecule has 0 aromatic carbocycles. The molecule has 1 rings (SSSR count). The molecule has 0 bridgehead atoms. The third-order valence-electron chi connectivity index (χ3n) is 14.6. The van der Waals surface area contributed by atoms with Crippen molar-refractivity contribution in [2.45, 2.75) is 307 Å². The van der Waals surface area contributed by atoms with Crippen molar-refractivity contribution < 1.29 is 49.3 Å². The van der Waals surface area contributed by atoms with Gasteiger partial charge >= 0.3 is 5.97 Å². The lowest BCUT2D eigenvalue weighted by Gasteiger charge is -2.41. The summed E-state index contributed by atoms with van der Waals surface area (Å²) in [5.41, 5.74) is 0. The Morgan fingerprint density at radius 1 is 0.519 bits per heavy atom. The zero-order valence-electron chi connectivity index (χ0n) is 50.2. The molecule has 79 heavy (non-hydrogen) atoms. The summed E-state index contributed by atoms with van der Waals surface area (Å²) >= 11 is 0. The molecule has 1 aliphatic rings. The normalized spacial score (nSPS) is 19.5. The highest BCUT2D eigenvalue weighted by atomic mass is 16.7. The van der Waals surface area contributed by atoms with E-state index in [4.69, 9.17) is 14.2 Å². The van der Waals surface area contributed by atoms with Crippen LogP contribution >= 0.6 is 0 Å². The van der Waals surface area contributed by atoms with Gasteiger partial charge in [0.1, 0.15) is 24.4 Å². The molecule has 0 aliphatic carbocycles. The number of amides is 1. The van der Waals surface area contributed by atoms with Crippen LogP contribution in [0.15, 0.2) is 97.2 Å². The van der Waals surface area contributed by atoms with Gasteiger partial charge in [0.2, 0.25) is 5.91 Å². The van der Waals surface area contributed by atoms with E-state index in [2.05, 4.69) is 56.5 Å². The van der Waals surface area contributed by atoms with Gasteiger partial charge in [-0.1, -0.05) is 279 Å². The molecule has 8 atom stereocenters. The monoisotopic (exact) mass is 1110 g/mol. The van der Waals surface area contributed by atoms with Gasteiger partial charge in [-0.15, -0.1) is 0 Å². The Hall–Kier alpha value is -3.42. The third kappa shape index (κ3) is 43.0. The van der Waals surface area contributed by atoms with Crippen LogP contribution in [0.4, 0.5) is 0 Å². The molecule has 0 spiro atoms. The van der Waals surface area contributed by atoms with Gasteiger partial charge in [0.25, 0.3) is 0 Å². The number of esters is 1. The molecule has 1 amide bonds. The molecule has 0 radical (unpaired) electrons. The summed E-state index contributed by atoms with van der Waals surface area (Å²) in [5, 5.41) is 56.8. The fraction of sp³-hybridized carbons (Fsp3) is 0.735. The molecule has 1 fully saturated rings. The Morgan fingerprint density at radius 2 is 0.962 bits per heavy atom. The molecule has 1 aliphatic heterocycles. The minimum absolute atomic E-state index is 0.112. The first kappa shape index (κ1) is 73.6. The van der Waals surface area contributed by atoms with E-state index in [1.165, 1.54) is 154 Å². The quantitative estimate of drug-likeness (QED) is 0.0149. The van der Waals surface area contributed by atoms with E-state index in [0.717, 1.165) is 57.8 Å². The van der Waals surface area contributed by atoms with Crippen molar-refractivity contribution in [3.8, 4) is 0 Å². The van der Waals surface area contributed by atoms with Crippen molar-refractivity contribution in [1.82, 2.24) is 5.32 Å². The summed E-state index contributed by atoms with van der Waals surface area (Å²) in [6.45, 7) is 5.56. The van der Waals surface area contributed by atoms with Crippen LogP contribution in [0.5, 0.6) is 0 Å². The van der Waals surface area contributed by atoms with Gasteiger partial charge in [0.15, 0.2) is 12.4 Å². The number of rotatable bonds is 53. The van der Waals surface area contributed by atoms with Crippen molar-refractivity contribution in [2.75, 3.05) is 13.2 Å². The number of nitrogens with one attached hydrogen (secondary N) is 1. The number of ether oxygens (including phenoxy) is 3. The molecular formula is C68H117NO10. The van der Waals surface area contributed by atoms with Gasteiger partial charge < -0.3 is 45.1 Å². The van der Waals surface area contributed by atoms with Gasteiger partial charge in [-0.2, -0.15) is 0 Å². The maximum absolute atomic E-state index is 13.3. The Morgan fingerprint density at radius 3 is 1.47 bits per heavy atom. The highest BCUT2D eigenvalue weighted by Crippen LogP contribution is 2.26. The predicted octanol–water partition coefficient (Wildman–Crippen LogP) is 15.5. The van der Waals surface area contributed by atoms with Gasteiger partial charge in [-0.3, -0.25) is 9.59 Å². The molecule has 1 saturated heterocycles. The van der Waals surface area contributed by atoms with Crippen LogP contribution in [-0.2, 0) is 23.8 Å². The fourth-order valence-corrected chi connectivity index (χ4v) is 9.53. The molecule has 454 valence electrons. The van der Waals surface area contributed by atoms with E-state index in [0.29, 0.717) is 12.8 Å². The Bertz CT molecular complexity index is 1650. The summed E-state index contributed by atoms with van der Waals surface area (Å²) in [4.78, 5) is 26.5. The maximum Gasteiger partial charge on any atom is 0.306 e. The zero-order chi connectivity index (χ0) is 57.5. The minimum Gasteiger partial charge on any atom is -0.454 e. The smallest absolute Gasteiger partial charge is 0.306 e. The summed E-state index contributed by atoms with van der Waals surface area (Å²) in [5.74, 6) is -1.27. The Labute approximate surface area is 482 Å². The number of allylic oxidation sites excluding steroid dienone is 15. The summed E-state index contributed by atoms with van der Waals surface area (Å²) in [7, 11) is 0. The van der Waals surface area contributed by atoms with Crippen LogP contribution in [0, 0.1) is 0 Å². The third-order valence-corrected chi connectivity index (χ3v) is 14.6. The lowest BCUT2D eigenvalue weighted by molar-refractivity contribution is -0.305. The van der Waals surface area contributed by atoms with E-state index < -0.39 is 67.4 Å². The molecule has 1 heterocycles. The number of hydrogen-bond donors (Lipinski definition) is 6. The predicted molar refractivity (Wildman–Crippen MR) is 329 cm³/mol. The summed E-state index contributed by atoms with van der Waals surface area (Å²) < 4.78 is 17.6. The molecule has 0 aromatic rings. The molecule has 11 nitrogen and oxygen atoms in total. The van der Waals surface area contributed by atoms with Crippen LogP contribution in [0.3, 0.4) is 0 Å². The maximum atomic E-state index is 13.3. The van der Waals surface area contributed by atoms with Gasteiger partial charge in [-0.05, 0) is 70.6 Å². The minimum atomic E-state index is -1.63. The number of aliphatic hydroxyl groups is 5.